The number of rotatable bonds is 3. The van der Waals surface area contributed by atoms with Crippen molar-refractivity contribution in [3.8, 4) is 0 Å². The van der Waals surface area contributed by atoms with Gasteiger partial charge in [-0.1, -0.05) is 35.9 Å². The van der Waals surface area contributed by atoms with Crippen molar-refractivity contribution in [3.05, 3.63) is 71.4 Å². The minimum Gasteiger partial charge on any atom is -0.350 e. The second-order valence-corrected chi connectivity index (χ2v) is 7.86. The van der Waals surface area contributed by atoms with E-state index in [1.54, 1.807) is 0 Å². The summed E-state index contributed by atoms with van der Waals surface area (Å²) in [4.78, 5) is 29.6. The van der Waals surface area contributed by atoms with Crippen molar-refractivity contribution in [1.82, 2.24) is 14.4 Å². The van der Waals surface area contributed by atoms with Gasteiger partial charge < -0.3 is 14.4 Å². The van der Waals surface area contributed by atoms with Crippen LogP contribution in [0.25, 0.3) is 10.9 Å². The second kappa shape index (κ2) is 8.11. The predicted octanol–water partition coefficient (Wildman–Crippen LogP) is 3.40. The SMILES string of the molecule is Cc1cccc(C(=O)N2CCCN(C(=O)Cc3cn(C)c4ccccc34)CC2)c1. The lowest BCUT2D eigenvalue weighted by Crippen LogP contribution is -2.38. The van der Waals surface area contributed by atoms with Gasteiger partial charge in [0, 0.05) is 55.9 Å². The third-order valence-corrected chi connectivity index (χ3v) is 5.72. The lowest BCUT2D eigenvalue weighted by Gasteiger charge is -2.22. The number of para-hydroxylation sites is 1. The molecule has 5 heteroatoms. The third-order valence-electron chi connectivity index (χ3n) is 5.72. The zero-order valence-electron chi connectivity index (χ0n) is 17.1. The lowest BCUT2D eigenvalue weighted by molar-refractivity contribution is -0.130. The summed E-state index contributed by atoms with van der Waals surface area (Å²) in [6.45, 7) is 4.54. The van der Waals surface area contributed by atoms with Gasteiger partial charge in [0.1, 0.15) is 0 Å². The molecule has 1 aliphatic rings. The van der Waals surface area contributed by atoms with Crippen LogP contribution in [0, 0.1) is 6.92 Å². The minimum atomic E-state index is 0.0528. The molecule has 5 nitrogen and oxygen atoms in total. The molecule has 2 amide bonds. The maximum absolute atomic E-state index is 13.0. The molecule has 0 atom stereocenters. The molecule has 0 N–H and O–H groups in total. The molecule has 1 aliphatic heterocycles. The van der Waals surface area contributed by atoms with Crippen LogP contribution in [0.3, 0.4) is 0 Å². The molecule has 2 aromatic carbocycles. The zero-order valence-corrected chi connectivity index (χ0v) is 17.1. The Kier molecular flexibility index (Phi) is 5.38. The first kappa shape index (κ1) is 19.2. The van der Waals surface area contributed by atoms with E-state index in [9.17, 15) is 9.59 Å². The summed E-state index contributed by atoms with van der Waals surface area (Å²) in [5, 5.41) is 1.13. The Morgan fingerprint density at radius 1 is 0.931 bits per heavy atom. The van der Waals surface area contributed by atoms with Gasteiger partial charge in [-0.2, -0.15) is 0 Å². The van der Waals surface area contributed by atoms with E-state index in [-0.39, 0.29) is 11.8 Å². The first-order valence-corrected chi connectivity index (χ1v) is 10.2. The molecule has 0 aliphatic carbocycles. The van der Waals surface area contributed by atoms with E-state index >= 15 is 0 Å². The number of amides is 2. The number of fused-ring (bicyclic) bond motifs is 1. The van der Waals surface area contributed by atoms with E-state index in [4.69, 9.17) is 0 Å². The summed E-state index contributed by atoms with van der Waals surface area (Å²) in [6, 6.07) is 15.9. The van der Waals surface area contributed by atoms with Crippen LogP contribution >= 0.6 is 0 Å². The van der Waals surface area contributed by atoms with Gasteiger partial charge in [0.25, 0.3) is 5.91 Å². The lowest BCUT2D eigenvalue weighted by atomic mass is 10.1. The topological polar surface area (TPSA) is 45.6 Å². The van der Waals surface area contributed by atoms with Crippen molar-refractivity contribution in [2.45, 2.75) is 19.8 Å². The van der Waals surface area contributed by atoms with E-state index in [1.165, 1.54) is 0 Å². The molecular formula is C24H27N3O2. The number of aromatic nitrogens is 1. The quantitative estimate of drug-likeness (QED) is 0.689. The molecule has 1 fully saturated rings. The van der Waals surface area contributed by atoms with Crippen LogP contribution in [0.2, 0.25) is 0 Å². The minimum absolute atomic E-state index is 0.0528. The summed E-state index contributed by atoms with van der Waals surface area (Å²) >= 11 is 0. The first-order valence-electron chi connectivity index (χ1n) is 10.2. The van der Waals surface area contributed by atoms with E-state index < -0.39 is 0 Å². The maximum atomic E-state index is 13.0. The van der Waals surface area contributed by atoms with Gasteiger partial charge in [-0.05, 0) is 37.1 Å². The van der Waals surface area contributed by atoms with Gasteiger partial charge in [-0.25, -0.2) is 0 Å². The van der Waals surface area contributed by atoms with Crippen LogP contribution in [0.4, 0.5) is 0 Å². The molecular weight excluding hydrogens is 362 g/mol. The molecule has 3 aromatic rings. The Hall–Kier alpha value is -3.08. The predicted molar refractivity (Wildman–Crippen MR) is 115 cm³/mol. The number of carbonyl (C=O) groups is 2. The fraction of sp³-hybridized carbons (Fsp3) is 0.333. The fourth-order valence-electron chi connectivity index (χ4n) is 4.17. The van der Waals surface area contributed by atoms with Crippen LogP contribution in [-0.4, -0.2) is 52.4 Å². The normalized spacial score (nSPS) is 14.8. The first-order chi connectivity index (χ1) is 14.0. The van der Waals surface area contributed by atoms with Gasteiger partial charge >= 0.3 is 0 Å². The second-order valence-electron chi connectivity index (χ2n) is 7.86. The van der Waals surface area contributed by atoms with Crippen LogP contribution in [-0.2, 0) is 18.3 Å². The number of carbonyl (C=O) groups excluding carboxylic acids is 2. The Morgan fingerprint density at radius 2 is 1.69 bits per heavy atom. The largest absolute Gasteiger partial charge is 0.350 e. The van der Waals surface area contributed by atoms with Gasteiger partial charge in [-0.3, -0.25) is 9.59 Å². The number of nitrogens with zero attached hydrogens (tertiary/aromatic N) is 3. The third kappa shape index (κ3) is 4.04. The molecule has 2 heterocycles. The van der Waals surface area contributed by atoms with Crippen molar-refractivity contribution in [3.63, 3.8) is 0 Å². The molecule has 0 spiro atoms. The Balaban J connectivity index is 1.43. The summed E-state index contributed by atoms with van der Waals surface area (Å²) in [5.74, 6) is 0.184. The fourth-order valence-corrected chi connectivity index (χ4v) is 4.17. The zero-order chi connectivity index (χ0) is 20.4. The van der Waals surface area contributed by atoms with Crippen LogP contribution in [0.15, 0.2) is 54.7 Å². The number of aryl methyl sites for hydroxylation is 2. The average molecular weight is 389 g/mol. The van der Waals surface area contributed by atoms with Crippen LogP contribution in [0.1, 0.15) is 27.9 Å². The van der Waals surface area contributed by atoms with Gasteiger partial charge in [0.05, 0.1) is 6.42 Å². The van der Waals surface area contributed by atoms with Crippen molar-refractivity contribution in [2.75, 3.05) is 26.2 Å². The smallest absolute Gasteiger partial charge is 0.253 e. The van der Waals surface area contributed by atoms with E-state index in [0.29, 0.717) is 32.6 Å². The number of hydrogen-bond donors (Lipinski definition) is 0. The van der Waals surface area contributed by atoms with E-state index in [0.717, 1.165) is 34.0 Å². The molecule has 29 heavy (non-hydrogen) atoms. The van der Waals surface area contributed by atoms with Gasteiger partial charge in [-0.15, -0.1) is 0 Å². The molecule has 0 radical (unpaired) electrons. The van der Waals surface area contributed by atoms with Crippen molar-refractivity contribution < 1.29 is 9.59 Å². The summed E-state index contributed by atoms with van der Waals surface area (Å²) in [5.41, 5.74) is 4.00. The number of benzene rings is 2. The maximum Gasteiger partial charge on any atom is 0.253 e. The molecule has 4 rings (SSSR count). The summed E-state index contributed by atoms with van der Waals surface area (Å²) in [7, 11) is 2.01. The number of hydrogen-bond acceptors (Lipinski definition) is 2. The van der Waals surface area contributed by atoms with Gasteiger partial charge in [0.15, 0.2) is 0 Å². The molecule has 0 bridgehead atoms. The highest BCUT2D eigenvalue weighted by Gasteiger charge is 2.23. The highest BCUT2D eigenvalue weighted by molar-refractivity contribution is 5.94. The standard InChI is InChI=1S/C24H27N3O2/c1-18-7-5-8-19(15-18)24(29)27-12-6-11-26(13-14-27)23(28)16-20-17-25(2)22-10-4-3-9-21(20)22/h3-5,7-10,15,17H,6,11-14,16H2,1-2H3. The Labute approximate surface area is 171 Å². The molecule has 150 valence electrons. The molecule has 0 saturated carbocycles. The average Bonchev–Trinajstić information content (AvgIpc) is 2.90. The monoisotopic (exact) mass is 389 g/mol. The molecule has 0 unspecified atom stereocenters. The summed E-state index contributed by atoms with van der Waals surface area (Å²) < 4.78 is 2.07. The Bertz CT molecular complexity index is 1050. The van der Waals surface area contributed by atoms with E-state index in [1.807, 2.05) is 66.4 Å². The highest BCUT2D eigenvalue weighted by Crippen LogP contribution is 2.21. The van der Waals surface area contributed by atoms with Crippen LogP contribution < -0.4 is 0 Å². The molecule has 1 aromatic heterocycles. The van der Waals surface area contributed by atoms with Gasteiger partial charge in [0.2, 0.25) is 5.91 Å². The van der Waals surface area contributed by atoms with Crippen molar-refractivity contribution in [1.29, 1.82) is 0 Å². The van der Waals surface area contributed by atoms with Crippen LogP contribution in [0.5, 0.6) is 0 Å². The van der Waals surface area contributed by atoms with E-state index in [2.05, 4.69) is 16.7 Å². The highest BCUT2D eigenvalue weighted by atomic mass is 16.2. The van der Waals surface area contributed by atoms with Crippen molar-refractivity contribution in [2.24, 2.45) is 7.05 Å². The van der Waals surface area contributed by atoms with Crippen molar-refractivity contribution >= 4 is 22.7 Å². The summed E-state index contributed by atoms with van der Waals surface area (Å²) in [6.07, 6.45) is 3.25. The molecule has 1 saturated heterocycles. The Morgan fingerprint density at radius 3 is 2.52 bits per heavy atom.